The van der Waals surface area contributed by atoms with Crippen LogP contribution in [0.25, 0.3) is 0 Å². The van der Waals surface area contributed by atoms with Crippen molar-refractivity contribution >= 4 is 33.2 Å². The zero-order valence-electron chi connectivity index (χ0n) is 12.4. The Morgan fingerprint density at radius 2 is 1.70 bits per heavy atom. The normalized spacial score (nSPS) is 11.0. The zero-order chi connectivity index (χ0) is 17.0. The van der Waals surface area contributed by atoms with Crippen molar-refractivity contribution in [3.63, 3.8) is 0 Å². The highest BCUT2D eigenvalue weighted by atomic mass is 32.2. The van der Waals surface area contributed by atoms with E-state index >= 15 is 0 Å². The molecule has 0 aliphatic carbocycles. The molecule has 8 nitrogen and oxygen atoms in total. The van der Waals surface area contributed by atoms with E-state index in [2.05, 4.69) is 15.4 Å². The molecule has 9 heteroatoms. The van der Waals surface area contributed by atoms with Gasteiger partial charge in [-0.1, -0.05) is 6.07 Å². The van der Waals surface area contributed by atoms with Crippen molar-refractivity contribution < 1.29 is 22.4 Å². The van der Waals surface area contributed by atoms with Crippen molar-refractivity contribution in [3.8, 4) is 0 Å². The number of hydrogen-bond acceptors (Lipinski definition) is 5. The molecule has 0 radical (unpaired) electrons. The molecule has 2 rings (SSSR count). The minimum Gasteiger partial charge on any atom is -0.438 e. The summed E-state index contributed by atoms with van der Waals surface area (Å²) in [5.41, 5.74) is 0.948. The molecule has 0 aliphatic rings. The molecule has 1 aromatic carbocycles. The van der Waals surface area contributed by atoms with Crippen LogP contribution in [0, 0.1) is 0 Å². The maximum Gasteiger partial charge on any atom is 0.291 e. The van der Waals surface area contributed by atoms with E-state index in [0.29, 0.717) is 11.4 Å². The largest absolute Gasteiger partial charge is 0.438 e. The van der Waals surface area contributed by atoms with Crippen molar-refractivity contribution in [2.75, 3.05) is 17.7 Å². The predicted molar refractivity (Wildman–Crippen MR) is 83.7 cm³/mol. The Morgan fingerprint density at radius 1 is 1.04 bits per heavy atom. The summed E-state index contributed by atoms with van der Waals surface area (Å²) in [7, 11) is -2.51. The lowest BCUT2D eigenvalue weighted by molar-refractivity contribution is -0.114. The first-order valence-electron chi connectivity index (χ1n) is 6.54. The summed E-state index contributed by atoms with van der Waals surface area (Å²) in [6.45, 7) is 1.37. The van der Waals surface area contributed by atoms with Gasteiger partial charge in [-0.3, -0.25) is 9.59 Å². The van der Waals surface area contributed by atoms with Gasteiger partial charge in [-0.05, 0) is 37.4 Å². The highest BCUT2D eigenvalue weighted by molar-refractivity contribution is 7.89. The van der Waals surface area contributed by atoms with Crippen LogP contribution in [0.15, 0.2) is 45.9 Å². The van der Waals surface area contributed by atoms with Gasteiger partial charge in [0.05, 0.1) is 0 Å². The first-order chi connectivity index (χ1) is 10.8. The average Bonchev–Trinajstić information content (AvgIpc) is 2.97. The van der Waals surface area contributed by atoms with Crippen molar-refractivity contribution in [2.45, 2.75) is 12.0 Å². The molecular weight excluding hydrogens is 322 g/mol. The van der Waals surface area contributed by atoms with Crippen molar-refractivity contribution in [2.24, 2.45) is 0 Å². The van der Waals surface area contributed by atoms with Gasteiger partial charge in [0.25, 0.3) is 15.9 Å². The van der Waals surface area contributed by atoms with Gasteiger partial charge < -0.3 is 15.1 Å². The first-order valence-corrected chi connectivity index (χ1v) is 8.02. The molecular formula is C14H15N3O5S. The Bertz CT molecular complexity index is 842. The summed E-state index contributed by atoms with van der Waals surface area (Å²) in [6, 6.07) is 8.96. The summed E-state index contributed by atoms with van der Waals surface area (Å²) in [5.74, 6) is -0.993. The number of carbonyl (C=O) groups excluding carboxylic acids is 2. The van der Waals surface area contributed by atoms with Crippen LogP contribution in [0.2, 0.25) is 0 Å². The smallest absolute Gasteiger partial charge is 0.291 e. The van der Waals surface area contributed by atoms with Crippen LogP contribution in [0.3, 0.4) is 0 Å². The van der Waals surface area contributed by atoms with Gasteiger partial charge in [0, 0.05) is 18.3 Å². The summed E-state index contributed by atoms with van der Waals surface area (Å²) >= 11 is 0. The molecule has 0 bridgehead atoms. The Balaban J connectivity index is 2.15. The van der Waals surface area contributed by atoms with Crippen LogP contribution >= 0.6 is 0 Å². The van der Waals surface area contributed by atoms with E-state index in [1.165, 1.54) is 26.1 Å². The fourth-order valence-corrected chi connectivity index (χ4v) is 2.41. The third-order valence-electron chi connectivity index (χ3n) is 2.78. The Kier molecular flexibility index (Phi) is 4.82. The summed E-state index contributed by atoms with van der Waals surface area (Å²) < 4.78 is 30.3. The number of rotatable bonds is 5. The van der Waals surface area contributed by atoms with Gasteiger partial charge in [0.15, 0.2) is 5.76 Å². The Hall–Kier alpha value is -2.65. The lowest BCUT2D eigenvalue weighted by atomic mass is 10.2. The Morgan fingerprint density at radius 3 is 2.30 bits per heavy atom. The number of furan rings is 1. The summed E-state index contributed by atoms with van der Waals surface area (Å²) in [6.07, 6.45) is 0. The minimum atomic E-state index is -3.75. The van der Waals surface area contributed by atoms with Crippen molar-refractivity contribution in [1.82, 2.24) is 4.72 Å². The molecule has 0 spiro atoms. The Labute approximate surface area is 132 Å². The molecule has 0 unspecified atom stereocenters. The number of hydrogen-bond donors (Lipinski definition) is 3. The van der Waals surface area contributed by atoms with Crippen LogP contribution in [-0.2, 0) is 14.8 Å². The third-order valence-corrected chi connectivity index (χ3v) is 4.07. The monoisotopic (exact) mass is 337 g/mol. The van der Waals surface area contributed by atoms with Crippen molar-refractivity contribution in [1.29, 1.82) is 0 Å². The lowest BCUT2D eigenvalue weighted by Gasteiger charge is -2.06. The maximum atomic E-state index is 12.1. The van der Waals surface area contributed by atoms with Gasteiger partial charge in [0.1, 0.15) is 0 Å². The van der Waals surface area contributed by atoms with Crippen LogP contribution in [0.1, 0.15) is 17.5 Å². The van der Waals surface area contributed by atoms with Crippen LogP contribution in [0.5, 0.6) is 0 Å². The fraction of sp³-hybridized carbons (Fsp3) is 0.143. The van der Waals surface area contributed by atoms with E-state index in [1.807, 2.05) is 0 Å². The van der Waals surface area contributed by atoms with E-state index in [9.17, 15) is 18.0 Å². The fourth-order valence-electron chi connectivity index (χ4n) is 1.76. The molecule has 0 atom stereocenters. The quantitative estimate of drug-likeness (QED) is 0.762. The maximum absolute atomic E-state index is 12.1. The second-order valence-electron chi connectivity index (χ2n) is 4.54. The molecule has 0 aliphatic heterocycles. The average molecular weight is 337 g/mol. The molecule has 23 heavy (non-hydrogen) atoms. The van der Waals surface area contributed by atoms with Crippen LogP contribution < -0.4 is 15.4 Å². The number of sulfonamides is 1. The number of amides is 2. The second kappa shape index (κ2) is 6.63. The molecule has 0 saturated carbocycles. The van der Waals surface area contributed by atoms with Crippen LogP contribution in [0.4, 0.5) is 11.4 Å². The minimum absolute atomic E-state index is 0.149. The van der Waals surface area contributed by atoms with Gasteiger partial charge in [-0.2, -0.15) is 0 Å². The molecule has 0 saturated heterocycles. The second-order valence-corrected chi connectivity index (χ2v) is 6.36. The standard InChI is InChI=1S/C14H15N3O5S/c1-9(18)16-10-4-3-5-11(8-10)17-14(19)12-6-7-13(22-12)23(20,21)15-2/h3-8,15H,1-2H3,(H,16,18)(H,17,19). The molecule has 122 valence electrons. The predicted octanol–water partition coefficient (Wildman–Crippen LogP) is 1.40. The van der Waals surface area contributed by atoms with Gasteiger partial charge in [-0.25, -0.2) is 13.1 Å². The van der Waals surface area contributed by atoms with E-state index in [4.69, 9.17) is 4.42 Å². The molecule has 1 heterocycles. The highest BCUT2D eigenvalue weighted by Gasteiger charge is 2.19. The van der Waals surface area contributed by atoms with Gasteiger partial charge in [0.2, 0.25) is 11.0 Å². The molecule has 2 aromatic rings. The molecule has 0 fully saturated rings. The first kappa shape index (κ1) is 16.7. The summed E-state index contributed by atoms with van der Waals surface area (Å²) in [5, 5.41) is 4.79. The van der Waals surface area contributed by atoms with E-state index in [1.54, 1.807) is 24.3 Å². The lowest BCUT2D eigenvalue weighted by Crippen LogP contribution is -2.18. The number of anilines is 2. The zero-order valence-corrected chi connectivity index (χ0v) is 13.2. The highest BCUT2D eigenvalue weighted by Crippen LogP contribution is 2.18. The van der Waals surface area contributed by atoms with E-state index < -0.39 is 15.9 Å². The van der Waals surface area contributed by atoms with Crippen molar-refractivity contribution in [3.05, 3.63) is 42.2 Å². The van der Waals surface area contributed by atoms with Gasteiger partial charge in [-0.15, -0.1) is 0 Å². The molecule has 3 N–H and O–H groups in total. The van der Waals surface area contributed by atoms with E-state index in [-0.39, 0.29) is 16.8 Å². The number of nitrogens with one attached hydrogen (secondary N) is 3. The summed E-state index contributed by atoms with van der Waals surface area (Å²) in [4.78, 5) is 23.1. The number of benzene rings is 1. The third kappa shape index (κ3) is 4.18. The topological polar surface area (TPSA) is 118 Å². The molecule has 1 aromatic heterocycles. The SMILES string of the molecule is CNS(=O)(=O)c1ccc(C(=O)Nc2cccc(NC(C)=O)c2)o1. The van der Waals surface area contributed by atoms with Crippen LogP contribution in [-0.4, -0.2) is 27.3 Å². The van der Waals surface area contributed by atoms with E-state index in [0.717, 1.165) is 0 Å². The van der Waals surface area contributed by atoms with Gasteiger partial charge >= 0.3 is 0 Å². The molecule has 2 amide bonds. The number of carbonyl (C=O) groups is 2.